The lowest BCUT2D eigenvalue weighted by molar-refractivity contribution is -0.648. The summed E-state index contributed by atoms with van der Waals surface area (Å²) in [5.41, 5.74) is 2.75. The first-order valence-corrected chi connectivity index (χ1v) is 15.7. The third-order valence-electron chi connectivity index (χ3n) is 6.28. The molecule has 0 saturated carbocycles. The Kier molecular flexibility index (Phi) is 6.16. The minimum atomic E-state index is -4.48. The van der Waals surface area contributed by atoms with Crippen LogP contribution < -0.4 is 14.2 Å². The van der Waals surface area contributed by atoms with Crippen LogP contribution in [0.1, 0.15) is 5.01 Å². The number of nitrogens with zero attached hydrogens (tertiary/aromatic N) is 2. The number of hydrogen-bond donors (Lipinski definition) is 2. The Balaban J connectivity index is 1.54. The lowest BCUT2D eigenvalue weighted by atomic mass is 10.0. The maximum Gasteiger partial charge on any atom is 0.326 e. The molecule has 0 saturated heterocycles. The van der Waals surface area contributed by atoms with Crippen molar-refractivity contribution in [2.45, 2.75) is 5.88 Å². The molecule has 1 aliphatic rings. The Morgan fingerprint density at radius 1 is 0.846 bits per heavy atom. The van der Waals surface area contributed by atoms with Gasteiger partial charge in [-0.1, -0.05) is 72.0 Å². The Hall–Kier alpha value is -3.81. The lowest BCUT2D eigenvalue weighted by Crippen LogP contribution is -2.39. The molecule has 2 heterocycles. The number of anilines is 1. The van der Waals surface area contributed by atoms with Gasteiger partial charge in [-0.2, -0.15) is 21.4 Å². The fourth-order valence-electron chi connectivity index (χ4n) is 4.69. The van der Waals surface area contributed by atoms with Crippen LogP contribution in [-0.4, -0.2) is 31.8 Å². The molecule has 0 radical (unpaired) electrons. The predicted octanol–water partition coefficient (Wildman–Crippen LogP) is 4.90. The Bertz CT molecular complexity index is 2000. The van der Waals surface area contributed by atoms with Crippen molar-refractivity contribution in [2.24, 2.45) is 0 Å². The average Bonchev–Trinajstić information content (AvgIpc) is 3.40. The normalized spacial score (nSPS) is 14.7. The largest absolute Gasteiger partial charge is 0.438 e. The van der Waals surface area contributed by atoms with E-state index in [2.05, 4.69) is 0 Å². The number of hydrogen-bond acceptors (Lipinski definition) is 7. The van der Waals surface area contributed by atoms with Crippen molar-refractivity contribution >= 4 is 64.3 Å². The van der Waals surface area contributed by atoms with Crippen LogP contribution in [-0.2, 0) is 26.1 Å². The zero-order chi connectivity index (χ0) is 27.4. The van der Waals surface area contributed by atoms with Crippen LogP contribution >= 0.6 is 11.3 Å². The van der Waals surface area contributed by atoms with Gasteiger partial charge < -0.3 is 4.74 Å². The summed E-state index contributed by atoms with van der Waals surface area (Å²) in [7, 11) is -8.92. The van der Waals surface area contributed by atoms with Gasteiger partial charge in [0.05, 0.1) is 17.1 Å². The fourth-order valence-corrected chi connectivity index (χ4v) is 7.07. The van der Waals surface area contributed by atoms with Crippen molar-refractivity contribution in [3.05, 3.63) is 95.8 Å². The van der Waals surface area contributed by atoms with E-state index >= 15 is 0 Å². The monoisotopic (exact) mass is 581 g/mol. The van der Waals surface area contributed by atoms with Crippen LogP contribution in [0.15, 0.2) is 90.8 Å². The number of fused-ring (bicyclic) bond motifs is 4. The molecule has 0 atom stereocenters. The van der Waals surface area contributed by atoms with E-state index in [1.165, 1.54) is 26.9 Å². The summed E-state index contributed by atoms with van der Waals surface area (Å²) in [6, 6.07) is 26.1. The van der Waals surface area contributed by atoms with E-state index in [1.807, 2.05) is 72.8 Å². The third kappa shape index (κ3) is 5.12. The SMILES string of the molecule is O=S(=O)(O)CN1/C(=C/c2sc3ccc4ccccc4c3[n+]2CS(=O)(=O)O)Oc2ccc(-c3ccccc3)cc21. The molecule has 6 rings (SSSR count). The van der Waals surface area contributed by atoms with Gasteiger partial charge in [-0.25, -0.2) is 0 Å². The van der Waals surface area contributed by atoms with Gasteiger partial charge in [0.25, 0.3) is 21.0 Å². The summed E-state index contributed by atoms with van der Waals surface area (Å²) in [5, 5.41) is 2.07. The van der Waals surface area contributed by atoms with E-state index in [1.54, 1.807) is 12.1 Å². The summed E-state index contributed by atoms with van der Waals surface area (Å²) in [6.45, 7) is 0. The number of benzene rings is 4. The first kappa shape index (κ1) is 25.5. The first-order valence-electron chi connectivity index (χ1n) is 11.7. The van der Waals surface area contributed by atoms with Gasteiger partial charge in [-0.05, 0) is 40.8 Å². The van der Waals surface area contributed by atoms with Crippen LogP contribution in [0.4, 0.5) is 5.69 Å². The lowest BCUT2D eigenvalue weighted by Gasteiger charge is -2.16. The summed E-state index contributed by atoms with van der Waals surface area (Å²) in [6.07, 6.45) is 1.51. The van der Waals surface area contributed by atoms with E-state index in [9.17, 15) is 25.9 Å². The highest BCUT2D eigenvalue weighted by molar-refractivity contribution is 7.85. The van der Waals surface area contributed by atoms with Gasteiger partial charge in [0.2, 0.25) is 11.4 Å². The first-order chi connectivity index (χ1) is 18.6. The molecule has 198 valence electrons. The molecule has 2 N–H and O–H groups in total. The minimum Gasteiger partial charge on any atom is -0.438 e. The van der Waals surface area contributed by atoms with Gasteiger partial charge in [-0.3, -0.25) is 14.0 Å². The molecule has 1 aromatic heterocycles. The molecular weight excluding hydrogens is 561 g/mol. The molecule has 0 bridgehead atoms. The van der Waals surface area contributed by atoms with Gasteiger partial charge in [0, 0.05) is 0 Å². The second-order valence-corrected chi connectivity index (χ2v) is 12.9. The second-order valence-electron chi connectivity index (χ2n) is 8.98. The highest BCUT2D eigenvalue weighted by atomic mass is 32.2. The molecule has 9 nitrogen and oxygen atoms in total. The van der Waals surface area contributed by atoms with Crippen molar-refractivity contribution in [2.75, 3.05) is 10.8 Å². The number of ether oxygens (including phenoxy) is 1. The van der Waals surface area contributed by atoms with Crippen LogP contribution in [0.2, 0.25) is 0 Å². The molecule has 39 heavy (non-hydrogen) atoms. The standard InChI is InChI=1S/C27H20N2O7S3/c30-38(31,32)16-28-22-14-20(18-6-2-1-3-7-18)10-12-23(22)36-25(28)15-26-29(17-39(33,34)35)27-21-9-5-4-8-19(21)11-13-24(27)37-26/h1-15H,16-17H2,(H-,30,31,32,33,34,35)/p+1. The van der Waals surface area contributed by atoms with Crippen molar-refractivity contribution < 1.29 is 35.2 Å². The van der Waals surface area contributed by atoms with Crippen LogP contribution in [0.3, 0.4) is 0 Å². The zero-order valence-electron chi connectivity index (χ0n) is 20.1. The molecule has 1 aliphatic heterocycles. The van der Waals surface area contributed by atoms with Crippen LogP contribution in [0.25, 0.3) is 38.2 Å². The molecule has 0 fully saturated rings. The summed E-state index contributed by atoms with van der Waals surface area (Å²) >= 11 is 1.26. The van der Waals surface area contributed by atoms with Crippen LogP contribution in [0, 0.1) is 0 Å². The van der Waals surface area contributed by atoms with E-state index in [4.69, 9.17) is 4.74 Å². The Morgan fingerprint density at radius 2 is 1.59 bits per heavy atom. The number of rotatable bonds is 6. The fraction of sp³-hybridized carbons (Fsp3) is 0.0741. The van der Waals surface area contributed by atoms with E-state index in [0.29, 0.717) is 22.0 Å². The van der Waals surface area contributed by atoms with Crippen molar-refractivity contribution in [3.8, 4) is 16.9 Å². The molecule has 5 aromatic rings. The third-order valence-corrected chi connectivity index (χ3v) is 8.55. The molecule has 0 unspecified atom stereocenters. The smallest absolute Gasteiger partial charge is 0.326 e. The molecule has 0 spiro atoms. The second kappa shape index (κ2) is 9.43. The Morgan fingerprint density at radius 3 is 2.33 bits per heavy atom. The van der Waals surface area contributed by atoms with Gasteiger partial charge in [0.1, 0.15) is 4.70 Å². The number of thiazole rings is 1. The zero-order valence-corrected chi connectivity index (χ0v) is 22.6. The quantitative estimate of drug-likeness (QED) is 0.214. The average molecular weight is 582 g/mol. The topological polar surface area (TPSA) is 125 Å². The van der Waals surface area contributed by atoms with Crippen molar-refractivity contribution in [1.82, 2.24) is 0 Å². The molecule has 4 aromatic carbocycles. The number of aromatic nitrogens is 1. The van der Waals surface area contributed by atoms with Crippen LogP contribution in [0.5, 0.6) is 5.75 Å². The highest BCUT2D eigenvalue weighted by Gasteiger charge is 2.33. The van der Waals surface area contributed by atoms with Crippen molar-refractivity contribution in [1.29, 1.82) is 0 Å². The summed E-state index contributed by atoms with van der Waals surface area (Å²) in [5.74, 6) is -1.05. The van der Waals surface area contributed by atoms with E-state index in [0.717, 1.165) is 26.6 Å². The molecule has 0 amide bonds. The minimum absolute atomic E-state index is 0.0767. The molecule has 12 heteroatoms. The van der Waals surface area contributed by atoms with Gasteiger partial charge in [-0.15, -0.1) is 0 Å². The highest BCUT2D eigenvalue weighted by Crippen LogP contribution is 2.42. The van der Waals surface area contributed by atoms with Gasteiger partial charge >= 0.3 is 10.1 Å². The molecule has 0 aliphatic carbocycles. The van der Waals surface area contributed by atoms with E-state index < -0.39 is 32.0 Å². The van der Waals surface area contributed by atoms with Crippen molar-refractivity contribution in [3.63, 3.8) is 0 Å². The summed E-state index contributed by atoms with van der Waals surface area (Å²) < 4.78 is 75.8. The predicted molar refractivity (Wildman–Crippen MR) is 150 cm³/mol. The van der Waals surface area contributed by atoms with E-state index in [-0.39, 0.29) is 5.88 Å². The maximum atomic E-state index is 12.0. The van der Waals surface area contributed by atoms with Gasteiger partial charge in [0.15, 0.2) is 11.6 Å². The molecular formula is C27H21N2O7S3+. The maximum absolute atomic E-state index is 12.0. The Labute approximate surface area is 228 Å². The summed E-state index contributed by atoms with van der Waals surface area (Å²) in [4.78, 5) is 1.32.